The van der Waals surface area contributed by atoms with Gasteiger partial charge in [0, 0.05) is 18.1 Å². The van der Waals surface area contributed by atoms with Crippen molar-refractivity contribution in [1.82, 2.24) is 4.90 Å². The lowest BCUT2D eigenvalue weighted by Crippen LogP contribution is -2.38. The maximum absolute atomic E-state index is 11.9. The van der Waals surface area contributed by atoms with Crippen molar-refractivity contribution in [3.8, 4) is 6.07 Å². The Balaban J connectivity index is 1.93. The van der Waals surface area contributed by atoms with Crippen LogP contribution in [-0.2, 0) is 14.3 Å². The van der Waals surface area contributed by atoms with Crippen LogP contribution in [0.15, 0.2) is 29.8 Å². The average Bonchev–Trinajstić information content (AvgIpc) is 2.59. The summed E-state index contributed by atoms with van der Waals surface area (Å²) >= 11 is 5.78. The number of amides is 1. The molecule has 1 heterocycles. The number of nitrogens with zero attached hydrogens (tertiary/aromatic N) is 2. The van der Waals surface area contributed by atoms with E-state index in [2.05, 4.69) is 0 Å². The normalized spacial score (nSPS) is 15.0. The van der Waals surface area contributed by atoms with Crippen LogP contribution in [0.2, 0.25) is 5.02 Å². The second kappa shape index (κ2) is 8.35. The summed E-state index contributed by atoms with van der Waals surface area (Å²) in [5.74, 6) is -1.02. The molecule has 0 saturated carbocycles. The second-order valence-electron chi connectivity index (χ2n) is 5.24. The highest BCUT2D eigenvalue weighted by atomic mass is 35.5. The van der Waals surface area contributed by atoms with E-state index in [1.165, 1.54) is 6.08 Å². The van der Waals surface area contributed by atoms with Crippen LogP contribution in [-0.4, -0.2) is 36.5 Å². The zero-order valence-corrected chi connectivity index (χ0v) is 13.4. The van der Waals surface area contributed by atoms with E-state index < -0.39 is 5.97 Å². The Morgan fingerprint density at radius 2 is 1.87 bits per heavy atom. The predicted molar refractivity (Wildman–Crippen MR) is 86.4 cm³/mol. The van der Waals surface area contributed by atoms with Crippen molar-refractivity contribution in [3.63, 3.8) is 0 Å². The van der Waals surface area contributed by atoms with E-state index in [0.717, 1.165) is 19.3 Å². The molecule has 0 unspecified atom stereocenters. The number of piperidine rings is 1. The third-order valence-corrected chi connectivity index (χ3v) is 3.81. The molecule has 0 radical (unpaired) electrons. The first-order chi connectivity index (χ1) is 11.1. The fraction of sp³-hybridized carbons (Fsp3) is 0.353. The van der Waals surface area contributed by atoms with Crippen molar-refractivity contribution < 1.29 is 14.3 Å². The number of ether oxygens (including phenoxy) is 1. The number of halogens is 1. The van der Waals surface area contributed by atoms with E-state index in [-0.39, 0.29) is 18.1 Å². The fourth-order valence-electron chi connectivity index (χ4n) is 2.30. The van der Waals surface area contributed by atoms with Gasteiger partial charge in [-0.15, -0.1) is 0 Å². The fourth-order valence-corrected chi connectivity index (χ4v) is 2.43. The smallest absolute Gasteiger partial charge is 0.349 e. The molecule has 6 heteroatoms. The number of nitriles is 1. The van der Waals surface area contributed by atoms with Gasteiger partial charge in [0.15, 0.2) is 6.61 Å². The van der Waals surface area contributed by atoms with Gasteiger partial charge in [-0.3, -0.25) is 4.79 Å². The van der Waals surface area contributed by atoms with Gasteiger partial charge in [0.05, 0.1) is 0 Å². The Morgan fingerprint density at radius 3 is 2.48 bits per heavy atom. The highest BCUT2D eigenvalue weighted by molar-refractivity contribution is 6.30. The van der Waals surface area contributed by atoms with Gasteiger partial charge in [-0.2, -0.15) is 5.26 Å². The summed E-state index contributed by atoms with van der Waals surface area (Å²) in [6, 6.07) is 8.49. The van der Waals surface area contributed by atoms with Crippen LogP contribution in [0, 0.1) is 11.3 Å². The topological polar surface area (TPSA) is 70.4 Å². The quantitative estimate of drug-likeness (QED) is 0.483. The second-order valence-corrected chi connectivity index (χ2v) is 5.68. The molecule has 5 nitrogen and oxygen atoms in total. The zero-order chi connectivity index (χ0) is 16.7. The van der Waals surface area contributed by atoms with Crippen molar-refractivity contribution in [2.75, 3.05) is 19.7 Å². The number of rotatable bonds is 4. The SMILES string of the molecule is N#C/C(=C\c1ccc(Cl)cc1)C(=O)OCC(=O)N1CCCCC1. The molecule has 1 amide bonds. The third-order valence-electron chi connectivity index (χ3n) is 3.56. The molecule has 120 valence electrons. The molecule has 1 aliphatic heterocycles. The highest BCUT2D eigenvalue weighted by Crippen LogP contribution is 2.13. The van der Waals surface area contributed by atoms with E-state index in [1.54, 1.807) is 35.2 Å². The molecule has 0 aliphatic carbocycles. The van der Waals surface area contributed by atoms with Gasteiger partial charge in [0.25, 0.3) is 5.91 Å². The van der Waals surface area contributed by atoms with Gasteiger partial charge in [-0.05, 0) is 43.0 Å². The molecule has 0 bridgehead atoms. The maximum Gasteiger partial charge on any atom is 0.349 e. The maximum atomic E-state index is 11.9. The Labute approximate surface area is 140 Å². The summed E-state index contributed by atoms with van der Waals surface area (Å²) in [5.41, 5.74) is 0.504. The van der Waals surface area contributed by atoms with Crippen LogP contribution in [0.5, 0.6) is 0 Å². The molecule has 0 N–H and O–H groups in total. The molecule has 23 heavy (non-hydrogen) atoms. The molecule has 1 saturated heterocycles. The van der Waals surface area contributed by atoms with E-state index in [4.69, 9.17) is 21.6 Å². The number of carbonyl (C=O) groups is 2. The van der Waals surface area contributed by atoms with Crippen LogP contribution in [0.4, 0.5) is 0 Å². The summed E-state index contributed by atoms with van der Waals surface area (Å²) in [7, 11) is 0. The van der Waals surface area contributed by atoms with E-state index in [0.29, 0.717) is 23.7 Å². The summed E-state index contributed by atoms with van der Waals surface area (Å²) in [6.45, 7) is 1.06. The summed E-state index contributed by atoms with van der Waals surface area (Å²) in [5, 5.41) is 9.65. The highest BCUT2D eigenvalue weighted by Gasteiger charge is 2.19. The number of benzene rings is 1. The van der Waals surface area contributed by atoms with Crippen molar-refractivity contribution in [2.24, 2.45) is 0 Å². The van der Waals surface area contributed by atoms with Crippen LogP contribution in [0.1, 0.15) is 24.8 Å². The first kappa shape index (κ1) is 17.0. The van der Waals surface area contributed by atoms with Crippen molar-refractivity contribution >= 4 is 29.6 Å². The Morgan fingerprint density at radius 1 is 1.22 bits per heavy atom. The van der Waals surface area contributed by atoms with Crippen molar-refractivity contribution in [3.05, 3.63) is 40.4 Å². The van der Waals surface area contributed by atoms with Crippen LogP contribution >= 0.6 is 11.6 Å². The first-order valence-electron chi connectivity index (χ1n) is 7.42. The molecule has 0 spiro atoms. The van der Waals surface area contributed by atoms with Gasteiger partial charge in [-0.1, -0.05) is 23.7 Å². The lowest BCUT2D eigenvalue weighted by Gasteiger charge is -2.26. The zero-order valence-electron chi connectivity index (χ0n) is 12.6. The monoisotopic (exact) mass is 332 g/mol. The number of esters is 1. The number of carbonyl (C=O) groups excluding carboxylic acids is 2. The molecule has 1 fully saturated rings. The van der Waals surface area contributed by atoms with Gasteiger partial charge >= 0.3 is 5.97 Å². The minimum atomic E-state index is -0.798. The first-order valence-corrected chi connectivity index (χ1v) is 7.80. The number of hydrogen-bond acceptors (Lipinski definition) is 4. The summed E-state index contributed by atoms with van der Waals surface area (Å²) < 4.78 is 4.96. The van der Waals surface area contributed by atoms with E-state index in [1.807, 2.05) is 0 Å². The van der Waals surface area contributed by atoms with Gasteiger partial charge < -0.3 is 9.64 Å². The molecule has 1 aliphatic rings. The van der Waals surface area contributed by atoms with E-state index in [9.17, 15) is 9.59 Å². The number of hydrogen-bond donors (Lipinski definition) is 0. The third kappa shape index (κ3) is 5.11. The Bertz CT molecular complexity index is 641. The molecule has 2 rings (SSSR count). The van der Waals surface area contributed by atoms with Gasteiger partial charge in [0.2, 0.25) is 0 Å². The van der Waals surface area contributed by atoms with Crippen molar-refractivity contribution in [2.45, 2.75) is 19.3 Å². The molecular formula is C17H17ClN2O3. The minimum absolute atomic E-state index is 0.154. The predicted octanol–water partition coefficient (Wildman–Crippen LogP) is 2.80. The largest absolute Gasteiger partial charge is 0.451 e. The molecule has 0 atom stereocenters. The molecular weight excluding hydrogens is 316 g/mol. The average molecular weight is 333 g/mol. The Hall–Kier alpha value is -2.32. The summed E-state index contributed by atoms with van der Waals surface area (Å²) in [4.78, 5) is 25.6. The molecule has 0 aromatic heterocycles. The van der Waals surface area contributed by atoms with Crippen molar-refractivity contribution in [1.29, 1.82) is 5.26 Å². The van der Waals surface area contributed by atoms with Gasteiger partial charge in [0.1, 0.15) is 11.6 Å². The lowest BCUT2D eigenvalue weighted by molar-refractivity contribution is -0.149. The Kier molecular flexibility index (Phi) is 6.19. The summed E-state index contributed by atoms with van der Waals surface area (Å²) in [6.07, 6.45) is 4.47. The van der Waals surface area contributed by atoms with Crippen LogP contribution < -0.4 is 0 Å². The van der Waals surface area contributed by atoms with Crippen LogP contribution in [0.25, 0.3) is 6.08 Å². The standard InChI is InChI=1S/C17H17ClN2O3/c18-15-6-4-13(5-7-15)10-14(11-19)17(22)23-12-16(21)20-8-2-1-3-9-20/h4-7,10H,1-3,8-9,12H2/b14-10+. The van der Waals surface area contributed by atoms with Gasteiger partial charge in [-0.25, -0.2) is 4.79 Å². The molecule has 1 aromatic carbocycles. The molecule has 1 aromatic rings. The lowest BCUT2D eigenvalue weighted by atomic mass is 10.1. The number of likely N-dealkylation sites (tertiary alicyclic amines) is 1. The van der Waals surface area contributed by atoms with Crippen LogP contribution in [0.3, 0.4) is 0 Å². The minimum Gasteiger partial charge on any atom is -0.451 e. The van der Waals surface area contributed by atoms with E-state index >= 15 is 0 Å².